The Morgan fingerprint density at radius 1 is 1.15 bits per heavy atom. The number of benzene rings is 1. The fourth-order valence-electron chi connectivity index (χ4n) is 4.68. The molecule has 1 fully saturated rings. The minimum absolute atomic E-state index is 0.122. The van der Waals surface area contributed by atoms with Crippen LogP contribution in [0, 0.1) is 13.8 Å². The Labute approximate surface area is 209 Å². The average molecular weight is 493 g/mol. The number of rotatable bonds is 6. The van der Waals surface area contributed by atoms with E-state index in [1.165, 1.54) is 5.56 Å². The van der Waals surface area contributed by atoms with Crippen LogP contribution >= 0.6 is 23.8 Å². The van der Waals surface area contributed by atoms with Gasteiger partial charge in [0, 0.05) is 23.3 Å². The van der Waals surface area contributed by atoms with Crippen molar-refractivity contribution >= 4 is 34.6 Å². The fraction of sp³-hybridized carbons (Fsp3) is 0.231. The average Bonchev–Trinajstić information content (AvgIpc) is 3.54. The summed E-state index contributed by atoms with van der Waals surface area (Å²) >= 11 is 12.3. The van der Waals surface area contributed by atoms with Gasteiger partial charge < -0.3 is 23.9 Å². The van der Waals surface area contributed by atoms with Gasteiger partial charge in [0.25, 0.3) is 0 Å². The summed E-state index contributed by atoms with van der Waals surface area (Å²) in [5.41, 5.74) is 5.28. The van der Waals surface area contributed by atoms with E-state index in [9.17, 15) is 0 Å². The summed E-state index contributed by atoms with van der Waals surface area (Å²) in [7, 11) is 1.61. The highest BCUT2D eigenvalue weighted by Crippen LogP contribution is 2.44. The molecule has 6 nitrogen and oxygen atoms in total. The molecule has 174 valence electrons. The number of anilines is 1. The molecule has 0 bridgehead atoms. The summed E-state index contributed by atoms with van der Waals surface area (Å²) in [6.45, 7) is 4.92. The highest BCUT2D eigenvalue weighted by molar-refractivity contribution is 7.80. The number of pyridine rings is 1. The standard InChI is InChI=1S/C26H25ClN4O2S/c1-16-13-20(17(2)30(16)15-19-7-6-12-33-19)25-24(22-8-4-5-11-28-22)29-26(34)31(25)18-9-10-23(32-3)21(27)14-18/h4-14,24-25H,15H2,1-3H3,(H,29,34)/t24-,25+/m0/s1. The first kappa shape index (κ1) is 22.5. The molecule has 8 heteroatoms. The smallest absolute Gasteiger partial charge is 0.174 e. The quantitative estimate of drug-likeness (QED) is 0.334. The molecule has 3 aromatic heterocycles. The number of methoxy groups -OCH3 is 1. The number of aryl methyl sites for hydroxylation is 1. The minimum Gasteiger partial charge on any atom is -0.495 e. The third kappa shape index (κ3) is 3.95. The number of nitrogens with zero attached hydrogens (tertiary/aromatic N) is 3. The van der Waals surface area contributed by atoms with Gasteiger partial charge in [-0.1, -0.05) is 17.7 Å². The number of ether oxygens (including phenoxy) is 1. The van der Waals surface area contributed by atoms with E-state index in [0.29, 0.717) is 22.4 Å². The van der Waals surface area contributed by atoms with Crippen molar-refractivity contribution in [1.29, 1.82) is 0 Å². The molecular weight excluding hydrogens is 468 g/mol. The van der Waals surface area contributed by atoms with E-state index in [1.54, 1.807) is 13.4 Å². The van der Waals surface area contributed by atoms with Gasteiger partial charge in [-0.2, -0.15) is 0 Å². The maximum atomic E-state index is 6.50. The van der Waals surface area contributed by atoms with Crippen LogP contribution in [0.5, 0.6) is 5.75 Å². The minimum atomic E-state index is -0.132. The summed E-state index contributed by atoms with van der Waals surface area (Å²) in [5, 5.41) is 4.67. The van der Waals surface area contributed by atoms with Crippen LogP contribution < -0.4 is 15.0 Å². The number of thiocarbonyl (C=S) groups is 1. The Balaban J connectivity index is 1.63. The summed E-state index contributed by atoms with van der Waals surface area (Å²) in [4.78, 5) is 6.77. The third-order valence-electron chi connectivity index (χ3n) is 6.34. The van der Waals surface area contributed by atoms with Crippen molar-refractivity contribution in [3.8, 4) is 5.75 Å². The fourth-order valence-corrected chi connectivity index (χ4v) is 5.28. The van der Waals surface area contributed by atoms with Crippen molar-refractivity contribution in [2.45, 2.75) is 32.5 Å². The van der Waals surface area contributed by atoms with E-state index in [1.807, 2.05) is 54.7 Å². The second-order valence-electron chi connectivity index (χ2n) is 8.31. The van der Waals surface area contributed by atoms with E-state index >= 15 is 0 Å². The summed E-state index contributed by atoms with van der Waals surface area (Å²) in [5.74, 6) is 1.53. The maximum Gasteiger partial charge on any atom is 0.174 e. The molecule has 0 radical (unpaired) electrons. The second-order valence-corrected chi connectivity index (χ2v) is 9.10. The number of nitrogens with one attached hydrogen (secondary N) is 1. The van der Waals surface area contributed by atoms with Gasteiger partial charge in [0.1, 0.15) is 11.5 Å². The van der Waals surface area contributed by atoms with Crippen LogP contribution in [0.3, 0.4) is 0 Å². The molecule has 1 saturated heterocycles. The van der Waals surface area contributed by atoms with Crippen molar-refractivity contribution in [1.82, 2.24) is 14.9 Å². The van der Waals surface area contributed by atoms with E-state index in [0.717, 1.165) is 28.5 Å². The van der Waals surface area contributed by atoms with Gasteiger partial charge in [0.15, 0.2) is 5.11 Å². The third-order valence-corrected chi connectivity index (χ3v) is 6.95. The summed E-state index contributed by atoms with van der Waals surface area (Å²) in [6.07, 6.45) is 3.51. The Kier molecular flexibility index (Phi) is 6.06. The molecule has 1 aromatic carbocycles. The largest absolute Gasteiger partial charge is 0.495 e. The highest BCUT2D eigenvalue weighted by Gasteiger charge is 2.42. The van der Waals surface area contributed by atoms with Crippen LogP contribution in [0.15, 0.2) is 71.5 Å². The molecule has 0 spiro atoms. The van der Waals surface area contributed by atoms with Gasteiger partial charge in [0.2, 0.25) is 0 Å². The van der Waals surface area contributed by atoms with E-state index in [4.69, 9.17) is 33.0 Å². The number of hydrogen-bond acceptors (Lipinski definition) is 4. The van der Waals surface area contributed by atoms with Crippen molar-refractivity contribution in [2.75, 3.05) is 12.0 Å². The van der Waals surface area contributed by atoms with Gasteiger partial charge >= 0.3 is 0 Å². The zero-order valence-corrected chi connectivity index (χ0v) is 20.7. The molecule has 1 aliphatic heterocycles. The number of aromatic nitrogens is 2. The van der Waals surface area contributed by atoms with Gasteiger partial charge in [-0.15, -0.1) is 0 Å². The lowest BCUT2D eigenvalue weighted by Gasteiger charge is -2.28. The summed E-state index contributed by atoms with van der Waals surface area (Å²) < 4.78 is 13.2. The predicted octanol–water partition coefficient (Wildman–Crippen LogP) is 5.98. The van der Waals surface area contributed by atoms with Crippen molar-refractivity contribution in [3.63, 3.8) is 0 Å². The molecule has 4 aromatic rings. The molecule has 0 unspecified atom stereocenters. The van der Waals surface area contributed by atoms with Gasteiger partial charge in [-0.25, -0.2) is 0 Å². The van der Waals surface area contributed by atoms with Gasteiger partial charge in [0.05, 0.1) is 42.7 Å². The van der Waals surface area contributed by atoms with Crippen molar-refractivity contribution in [3.05, 3.63) is 100 Å². The van der Waals surface area contributed by atoms with Crippen LogP contribution in [0.1, 0.15) is 40.5 Å². The first-order valence-corrected chi connectivity index (χ1v) is 11.8. The maximum absolute atomic E-state index is 6.50. The molecule has 0 aliphatic carbocycles. The molecule has 34 heavy (non-hydrogen) atoms. The van der Waals surface area contributed by atoms with Crippen LogP contribution in [0.2, 0.25) is 5.02 Å². The van der Waals surface area contributed by atoms with E-state index < -0.39 is 0 Å². The molecule has 1 aliphatic rings. The lowest BCUT2D eigenvalue weighted by Crippen LogP contribution is -2.29. The molecule has 0 saturated carbocycles. The molecular formula is C26H25ClN4O2S. The lowest BCUT2D eigenvalue weighted by atomic mass is 9.96. The molecule has 0 amide bonds. The SMILES string of the molecule is COc1ccc(N2C(=S)N[C@@H](c3ccccn3)[C@H]2c2cc(C)n(Cc3ccco3)c2C)cc1Cl. The first-order chi connectivity index (χ1) is 16.5. The number of hydrogen-bond donors (Lipinski definition) is 1. The van der Waals surface area contributed by atoms with Crippen LogP contribution in [0.4, 0.5) is 5.69 Å². The van der Waals surface area contributed by atoms with Crippen molar-refractivity contribution < 1.29 is 9.15 Å². The molecule has 5 rings (SSSR count). The van der Waals surface area contributed by atoms with Crippen LogP contribution in [0.25, 0.3) is 0 Å². The van der Waals surface area contributed by atoms with Crippen molar-refractivity contribution in [2.24, 2.45) is 0 Å². The number of halogens is 1. The topological polar surface area (TPSA) is 55.5 Å². The first-order valence-electron chi connectivity index (χ1n) is 11.0. The van der Waals surface area contributed by atoms with Gasteiger partial charge in [-0.3, -0.25) is 4.98 Å². The highest BCUT2D eigenvalue weighted by atomic mass is 35.5. The lowest BCUT2D eigenvalue weighted by molar-refractivity contribution is 0.415. The van der Waals surface area contributed by atoms with Crippen LogP contribution in [-0.2, 0) is 6.54 Å². The van der Waals surface area contributed by atoms with E-state index in [2.05, 4.69) is 39.7 Å². The monoisotopic (exact) mass is 492 g/mol. The molecule has 2 atom stereocenters. The van der Waals surface area contributed by atoms with E-state index in [-0.39, 0.29) is 12.1 Å². The predicted molar refractivity (Wildman–Crippen MR) is 138 cm³/mol. The second kappa shape index (κ2) is 9.16. The number of furan rings is 1. The summed E-state index contributed by atoms with van der Waals surface area (Å²) in [6, 6.07) is 17.6. The van der Waals surface area contributed by atoms with Crippen LogP contribution in [-0.4, -0.2) is 21.8 Å². The Bertz CT molecular complexity index is 1320. The molecule has 4 heterocycles. The Morgan fingerprint density at radius 2 is 2.00 bits per heavy atom. The zero-order valence-electron chi connectivity index (χ0n) is 19.2. The zero-order chi connectivity index (χ0) is 23.8. The Morgan fingerprint density at radius 3 is 2.68 bits per heavy atom. The Hall–Kier alpha value is -3.29. The normalized spacial score (nSPS) is 17.8. The molecule has 1 N–H and O–H groups in total. The van der Waals surface area contributed by atoms with Gasteiger partial charge in [-0.05, 0) is 80.2 Å².